The number of aryl methyl sites for hydroxylation is 1. The second-order valence-electron chi connectivity index (χ2n) is 3.70. The SMILES string of the molecule is Cc1nc(CN)c2sc3ccccc3c2n1. The standard InChI is InChI=1S/C12H11N3S/c1-7-14-9(6-13)12-11(15-7)8-4-2-3-5-10(8)16-12/h2-5H,6,13H2,1H3. The topological polar surface area (TPSA) is 51.8 Å². The van der Waals surface area contributed by atoms with Crippen molar-refractivity contribution in [3.8, 4) is 0 Å². The molecule has 3 rings (SSSR count). The summed E-state index contributed by atoms with van der Waals surface area (Å²) in [6, 6.07) is 8.28. The Bertz CT molecular complexity index is 672. The highest BCUT2D eigenvalue weighted by atomic mass is 32.1. The van der Waals surface area contributed by atoms with E-state index in [1.54, 1.807) is 11.3 Å². The Morgan fingerprint density at radius 1 is 1.25 bits per heavy atom. The van der Waals surface area contributed by atoms with Crippen LogP contribution in [0.1, 0.15) is 11.5 Å². The third-order valence-electron chi connectivity index (χ3n) is 2.60. The van der Waals surface area contributed by atoms with E-state index in [0.717, 1.165) is 21.7 Å². The van der Waals surface area contributed by atoms with Gasteiger partial charge < -0.3 is 5.73 Å². The summed E-state index contributed by atoms with van der Waals surface area (Å²) in [4.78, 5) is 8.91. The summed E-state index contributed by atoms with van der Waals surface area (Å²) in [6.45, 7) is 2.37. The zero-order valence-corrected chi connectivity index (χ0v) is 9.71. The number of nitrogens with two attached hydrogens (primary N) is 1. The summed E-state index contributed by atoms with van der Waals surface area (Å²) in [5, 5.41) is 1.20. The molecule has 80 valence electrons. The van der Waals surface area contributed by atoms with Crippen LogP contribution in [0.15, 0.2) is 24.3 Å². The summed E-state index contributed by atoms with van der Waals surface area (Å²) in [5.41, 5.74) is 7.71. The Labute approximate surface area is 96.9 Å². The first-order valence-electron chi connectivity index (χ1n) is 5.14. The van der Waals surface area contributed by atoms with Gasteiger partial charge in [-0.2, -0.15) is 0 Å². The molecular weight excluding hydrogens is 218 g/mol. The van der Waals surface area contributed by atoms with Crippen LogP contribution in [-0.2, 0) is 6.54 Å². The fraction of sp³-hybridized carbons (Fsp3) is 0.167. The molecular formula is C12H11N3S. The van der Waals surface area contributed by atoms with Crippen molar-refractivity contribution in [3.05, 3.63) is 35.8 Å². The quantitative estimate of drug-likeness (QED) is 0.697. The lowest BCUT2D eigenvalue weighted by atomic mass is 10.2. The van der Waals surface area contributed by atoms with E-state index >= 15 is 0 Å². The average Bonchev–Trinajstić information content (AvgIpc) is 2.67. The molecule has 3 nitrogen and oxygen atoms in total. The van der Waals surface area contributed by atoms with Crippen molar-refractivity contribution in [2.45, 2.75) is 13.5 Å². The summed E-state index contributed by atoms with van der Waals surface area (Å²) in [6.07, 6.45) is 0. The van der Waals surface area contributed by atoms with E-state index in [-0.39, 0.29) is 0 Å². The predicted molar refractivity (Wildman–Crippen MR) is 67.5 cm³/mol. The largest absolute Gasteiger partial charge is 0.325 e. The maximum absolute atomic E-state index is 5.72. The molecule has 0 aliphatic heterocycles. The van der Waals surface area contributed by atoms with E-state index in [1.807, 2.05) is 19.1 Å². The first kappa shape index (κ1) is 9.69. The molecule has 0 spiro atoms. The van der Waals surface area contributed by atoms with Gasteiger partial charge >= 0.3 is 0 Å². The number of nitrogens with zero attached hydrogens (tertiary/aromatic N) is 2. The Hall–Kier alpha value is -1.52. The Morgan fingerprint density at radius 2 is 2.06 bits per heavy atom. The Kier molecular flexibility index (Phi) is 2.12. The van der Waals surface area contributed by atoms with Gasteiger partial charge in [-0.15, -0.1) is 11.3 Å². The van der Waals surface area contributed by atoms with Crippen molar-refractivity contribution in [2.24, 2.45) is 5.73 Å². The van der Waals surface area contributed by atoms with Crippen molar-refractivity contribution in [1.29, 1.82) is 0 Å². The van der Waals surface area contributed by atoms with Crippen LogP contribution in [0, 0.1) is 6.92 Å². The molecule has 2 heterocycles. The third kappa shape index (κ3) is 1.31. The smallest absolute Gasteiger partial charge is 0.126 e. The van der Waals surface area contributed by atoms with Gasteiger partial charge in [0, 0.05) is 16.6 Å². The molecule has 0 saturated heterocycles. The summed E-state index contributed by atoms with van der Waals surface area (Å²) >= 11 is 1.72. The molecule has 0 amide bonds. The monoisotopic (exact) mass is 229 g/mol. The normalized spacial score (nSPS) is 11.4. The van der Waals surface area contributed by atoms with Crippen LogP contribution in [0.3, 0.4) is 0 Å². The van der Waals surface area contributed by atoms with Crippen LogP contribution in [0.25, 0.3) is 20.3 Å². The number of aromatic nitrogens is 2. The van der Waals surface area contributed by atoms with Gasteiger partial charge in [-0.25, -0.2) is 9.97 Å². The first-order chi connectivity index (χ1) is 7.79. The Balaban J connectivity index is 2.54. The van der Waals surface area contributed by atoms with Gasteiger partial charge in [0.2, 0.25) is 0 Å². The van der Waals surface area contributed by atoms with Crippen molar-refractivity contribution in [1.82, 2.24) is 9.97 Å². The second-order valence-corrected chi connectivity index (χ2v) is 4.75. The maximum Gasteiger partial charge on any atom is 0.126 e. The predicted octanol–water partition coefficient (Wildman–Crippen LogP) is 2.61. The molecule has 0 atom stereocenters. The van der Waals surface area contributed by atoms with Gasteiger partial charge in [0.25, 0.3) is 0 Å². The zero-order valence-electron chi connectivity index (χ0n) is 8.90. The van der Waals surface area contributed by atoms with E-state index < -0.39 is 0 Å². The van der Waals surface area contributed by atoms with E-state index in [0.29, 0.717) is 6.54 Å². The highest BCUT2D eigenvalue weighted by Crippen LogP contribution is 2.33. The lowest BCUT2D eigenvalue weighted by Gasteiger charge is -1.99. The van der Waals surface area contributed by atoms with E-state index in [2.05, 4.69) is 22.1 Å². The maximum atomic E-state index is 5.72. The summed E-state index contributed by atoms with van der Waals surface area (Å²) in [7, 11) is 0. The molecule has 2 N–H and O–H groups in total. The van der Waals surface area contributed by atoms with Gasteiger partial charge in [-0.1, -0.05) is 18.2 Å². The van der Waals surface area contributed by atoms with Gasteiger partial charge in [0.1, 0.15) is 5.82 Å². The number of fused-ring (bicyclic) bond motifs is 3. The lowest BCUT2D eigenvalue weighted by molar-refractivity contribution is 0.959. The van der Waals surface area contributed by atoms with E-state index in [1.165, 1.54) is 10.1 Å². The summed E-state index contributed by atoms with van der Waals surface area (Å²) < 4.78 is 2.36. The van der Waals surface area contributed by atoms with Crippen molar-refractivity contribution in [2.75, 3.05) is 0 Å². The fourth-order valence-electron chi connectivity index (χ4n) is 1.91. The molecule has 4 heteroatoms. The van der Waals surface area contributed by atoms with Crippen molar-refractivity contribution >= 4 is 31.6 Å². The van der Waals surface area contributed by atoms with Gasteiger partial charge in [0.05, 0.1) is 15.9 Å². The number of rotatable bonds is 1. The molecule has 0 saturated carbocycles. The summed E-state index contributed by atoms with van der Waals surface area (Å²) in [5.74, 6) is 0.788. The van der Waals surface area contributed by atoms with Crippen LogP contribution in [0.2, 0.25) is 0 Å². The van der Waals surface area contributed by atoms with E-state index in [9.17, 15) is 0 Å². The third-order valence-corrected chi connectivity index (χ3v) is 3.80. The molecule has 0 unspecified atom stereocenters. The number of thiophene rings is 1. The van der Waals surface area contributed by atoms with Gasteiger partial charge in [-0.05, 0) is 13.0 Å². The van der Waals surface area contributed by atoms with Crippen LogP contribution < -0.4 is 5.73 Å². The van der Waals surface area contributed by atoms with Crippen molar-refractivity contribution in [3.63, 3.8) is 0 Å². The van der Waals surface area contributed by atoms with Gasteiger partial charge in [-0.3, -0.25) is 0 Å². The molecule has 0 bridgehead atoms. The zero-order chi connectivity index (χ0) is 11.1. The van der Waals surface area contributed by atoms with Crippen molar-refractivity contribution < 1.29 is 0 Å². The molecule has 0 fully saturated rings. The molecule has 2 aromatic heterocycles. The second kappa shape index (κ2) is 3.50. The minimum Gasteiger partial charge on any atom is -0.325 e. The van der Waals surface area contributed by atoms with Crippen LogP contribution in [0.4, 0.5) is 0 Å². The van der Waals surface area contributed by atoms with E-state index in [4.69, 9.17) is 5.73 Å². The first-order valence-corrected chi connectivity index (χ1v) is 5.96. The number of benzene rings is 1. The minimum atomic E-state index is 0.465. The molecule has 0 aliphatic rings. The molecule has 0 aliphatic carbocycles. The number of hydrogen-bond acceptors (Lipinski definition) is 4. The van der Waals surface area contributed by atoms with Crippen LogP contribution in [0.5, 0.6) is 0 Å². The van der Waals surface area contributed by atoms with Crippen LogP contribution >= 0.6 is 11.3 Å². The molecule has 3 aromatic rings. The molecule has 1 aromatic carbocycles. The highest BCUT2D eigenvalue weighted by Gasteiger charge is 2.10. The Morgan fingerprint density at radius 3 is 2.88 bits per heavy atom. The average molecular weight is 229 g/mol. The highest BCUT2D eigenvalue weighted by molar-refractivity contribution is 7.25. The van der Waals surface area contributed by atoms with Gasteiger partial charge in [0.15, 0.2) is 0 Å². The number of hydrogen-bond donors (Lipinski definition) is 1. The fourth-order valence-corrected chi connectivity index (χ4v) is 3.05. The molecule has 0 radical (unpaired) electrons. The van der Waals surface area contributed by atoms with Crippen LogP contribution in [-0.4, -0.2) is 9.97 Å². The minimum absolute atomic E-state index is 0.465. The molecule has 16 heavy (non-hydrogen) atoms. The lowest BCUT2D eigenvalue weighted by Crippen LogP contribution is -2.02.